The van der Waals surface area contributed by atoms with Crippen LogP contribution < -0.4 is 5.32 Å². The average Bonchev–Trinajstić information content (AvgIpc) is 2.75. The summed E-state index contributed by atoms with van der Waals surface area (Å²) in [6.45, 7) is 12.6. The zero-order valence-electron chi connectivity index (χ0n) is 12.8. The lowest BCUT2D eigenvalue weighted by Crippen LogP contribution is -2.27. The third kappa shape index (κ3) is 4.85. The lowest BCUT2D eigenvalue weighted by Gasteiger charge is -2.16. The van der Waals surface area contributed by atoms with Gasteiger partial charge in [-0.2, -0.15) is 4.98 Å². The summed E-state index contributed by atoms with van der Waals surface area (Å²) in [4.78, 5) is 9.26. The molecule has 2 rings (SSSR count). The number of rotatable bonds is 7. The molecule has 1 N–H and O–H groups in total. The average molecular weight is 281 g/mol. The molecule has 1 saturated heterocycles. The van der Waals surface area contributed by atoms with Crippen molar-refractivity contribution in [3.63, 3.8) is 0 Å². The highest BCUT2D eigenvalue weighted by molar-refractivity contribution is 4.88. The molecule has 1 fully saturated rings. The van der Waals surface area contributed by atoms with Gasteiger partial charge in [-0.25, -0.2) is 0 Å². The van der Waals surface area contributed by atoms with Gasteiger partial charge in [0.05, 0.1) is 6.54 Å². The summed E-state index contributed by atoms with van der Waals surface area (Å²) >= 11 is 0. The summed E-state index contributed by atoms with van der Waals surface area (Å²) in [6.07, 6.45) is 2.05. The molecule has 0 saturated carbocycles. The fourth-order valence-corrected chi connectivity index (χ4v) is 2.50. The standard InChI is InChI=1S/C14H27N5O/c1-3-18(4-2)10-6-13-16-14(20-17-13)12-19-9-5-7-15-8-11-19/h15H,3-12H2,1-2H3. The first-order valence-corrected chi connectivity index (χ1v) is 7.78. The van der Waals surface area contributed by atoms with Gasteiger partial charge in [-0.3, -0.25) is 4.90 Å². The van der Waals surface area contributed by atoms with E-state index < -0.39 is 0 Å². The Bertz CT molecular complexity index is 369. The second kappa shape index (κ2) is 8.34. The predicted octanol–water partition coefficient (Wildman–Crippen LogP) is 0.749. The molecule has 0 bridgehead atoms. The van der Waals surface area contributed by atoms with E-state index >= 15 is 0 Å². The summed E-state index contributed by atoms with van der Waals surface area (Å²) in [5.74, 6) is 1.58. The first-order valence-electron chi connectivity index (χ1n) is 7.78. The van der Waals surface area contributed by atoms with E-state index in [4.69, 9.17) is 4.52 Å². The molecule has 6 heteroatoms. The molecule has 0 amide bonds. The van der Waals surface area contributed by atoms with E-state index in [1.54, 1.807) is 0 Å². The van der Waals surface area contributed by atoms with Crippen LogP contribution in [0.1, 0.15) is 32.0 Å². The molecule has 1 aromatic rings. The van der Waals surface area contributed by atoms with Crippen LogP contribution in [0.2, 0.25) is 0 Å². The third-order valence-electron chi connectivity index (χ3n) is 3.85. The molecule has 2 heterocycles. The fraction of sp³-hybridized carbons (Fsp3) is 0.857. The molecule has 0 unspecified atom stereocenters. The Labute approximate surface area is 121 Å². The van der Waals surface area contributed by atoms with Gasteiger partial charge in [0.15, 0.2) is 5.82 Å². The fourth-order valence-electron chi connectivity index (χ4n) is 2.50. The molecule has 0 radical (unpaired) electrons. The van der Waals surface area contributed by atoms with E-state index in [9.17, 15) is 0 Å². The van der Waals surface area contributed by atoms with Crippen molar-refractivity contribution in [3.05, 3.63) is 11.7 Å². The second-order valence-electron chi connectivity index (χ2n) is 5.26. The molecule has 1 aliphatic heterocycles. The zero-order chi connectivity index (χ0) is 14.2. The van der Waals surface area contributed by atoms with Gasteiger partial charge in [0, 0.05) is 26.1 Å². The molecule has 0 atom stereocenters. The number of hydrogen-bond donors (Lipinski definition) is 1. The minimum Gasteiger partial charge on any atom is -0.338 e. The molecule has 0 aromatic carbocycles. The maximum atomic E-state index is 5.37. The van der Waals surface area contributed by atoms with Crippen molar-refractivity contribution in [2.45, 2.75) is 33.2 Å². The van der Waals surface area contributed by atoms with Gasteiger partial charge in [0.1, 0.15) is 0 Å². The highest BCUT2D eigenvalue weighted by atomic mass is 16.5. The molecular weight excluding hydrogens is 254 g/mol. The molecule has 20 heavy (non-hydrogen) atoms. The number of nitrogens with one attached hydrogen (secondary N) is 1. The molecule has 6 nitrogen and oxygen atoms in total. The van der Waals surface area contributed by atoms with Gasteiger partial charge < -0.3 is 14.7 Å². The first kappa shape index (κ1) is 15.4. The number of likely N-dealkylation sites (N-methyl/N-ethyl adjacent to an activating group) is 1. The van der Waals surface area contributed by atoms with Crippen LogP contribution in [0.25, 0.3) is 0 Å². The van der Waals surface area contributed by atoms with E-state index in [2.05, 4.69) is 39.1 Å². The SMILES string of the molecule is CCN(CC)CCc1noc(CN2CCCNCC2)n1. The lowest BCUT2D eigenvalue weighted by atomic mass is 10.3. The predicted molar refractivity (Wildman–Crippen MR) is 78.6 cm³/mol. The smallest absolute Gasteiger partial charge is 0.240 e. The Hall–Kier alpha value is -0.980. The minimum absolute atomic E-state index is 0.751. The van der Waals surface area contributed by atoms with Crippen LogP contribution in [0.5, 0.6) is 0 Å². The van der Waals surface area contributed by atoms with Crippen LogP contribution in [-0.2, 0) is 13.0 Å². The quantitative estimate of drug-likeness (QED) is 0.796. The van der Waals surface area contributed by atoms with Crippen molar-refractivity contribution in [1.29, 1.82) is 0 Å². The summed E-state index contributed by atoms with van der Waals surface area (Å²) in [5.41, 5.74) is 0. The molecule has 114 valence electrons. The molecular formula is C14H27N5O. The van der Waals surface area contributed by atoms with Crippen LogP contribution in [0, 0.1) is 0 Å². The van der Waals surface area contributed by atoms with Crippen molar-refractivity contribution in [3.8, 4) is 0 Å². The summed E-state index contributed by atoms with van der Waals surface area (Å²) < 4.78 is 5.37. The zero-order valence-corrected chi connectivity index (χ0v) is 12.8. The third-order valence-corrected chi connectivity index (χ3v) is 3.85. The van der Waals surface area contributed by atoms with Gasteiger partial charge in [0.2, 0.25) is 5.89 Å². The van der Waals surface area contributed by atoms with E-state index in [1.807, 2.05) is 0 Å². The number of nitrogens with zero attached hydrogens (tertiary/aromatic N) is 4. The van der Waals surface area contributed by atoms with Gasteiger partial charge in [-0.05, 0) is 32.6 Å². The largest absolute Gasteiger partial charge is 0.338 e. The highest BCUT2D eigenvalue weighted by Crippen LogP contribution is 2.05. The summed E-state index contributed by atoms with van der Waals surface area (Å²) in [6, 6.07) is 0. The Kier molecular flexibility index (Phi) is 6.42. The highest BCUT2D eigenvalue weighted by Gasteiger charge is 2.14. The molecule has 0 aliphatic carbocycles. The van der Waals surface area contributed by atoms with Crippen molar-refractivity contribution >= 4 is 0 Å². The monoisotopic (exact) mass is 281 g/mol. The maximum absolute atomic E-state index is 5.37. The Balaban J connectivity index is 1.79. The van der Waals surface area contributed by atoms with Crippen molar-refractivity contribution < 1.29 is 4.52 Å². The Morgan fingerprint density at radius 3 is 2.90 bits per heavy atom. The molecule has 0 spiro atoms. The van der Waals surface area contributed by atoms with Crippen LogP contribution in [-0.4, -0.2) is 65.8 Å². The van der Waals surface area contributed by atoms with Crippen molar-refractivity contribution in [1.82, 2.24) is 25.3 Å². The minimum atomic E-state index is 0.751. The second-order valence-corrected chi connectivity index (χ2v) is 5.26. The van der Waals surface area contributed by atoms with Crippen molar-refractivity contribution in [2.24, 2.45) is 0 Å². The van der Waals surface area contributed by atoms with Crippen LogP contribution in [0.3, 0.4) is 0 Å². The van der Waals surface area contributed by atoms with E-state index in [0.717, 1.165) is 70.5 Å². The van der Waals surface area contributed by atoms with Crippen LogP contribution >= 0.6 is 0 Å². The number of aromatic nitrogens is 2. The van der Waals surface area contributed by atoms with E-state index in [1.165, 1.54) is 6.42 Å². The summed E-state index contributed by atoms with van der Waals surface area (Å²) in [5, 5.41) is 7.49. The molecule has 1 aliphatic rings. The first-order chi connectivity index (χ1) is 9.81. The van der Waals surface area contributed by atoms with Gasteiger partial charge in [-0.15, -0.1) is 0 Å². The van der Waals surface area contributed by atoms with E-state index in [-0.39, 0.29) is 0 Å². The van der Waals surface area contributed by atoms with E-state index in [0.29, 0.717) is 0 Å². The van der Waals surface area contributed by atoms with Gasteiger partial charge in [-0.1, -0.05) is 19.0 Å². The van der Waals surface area contributed by atoms with Gasteiger partial charge >= 0.3 is 0 Å². The van der Waals surface area contributed by atoms with Crippen LogP contribution in [0.15, 0.2) is 4.52 Å². The van der Waals surface area contributed by atoms with Crippen LogP contribution in [0.4, 0.5) is 0 Å². The van der Waals surface area contributed by atoms with Crippen molar-refractivity contribution in [2.75, 3.05) is 45.8 Å². The Morgan fingerprint density at radius 1 is 1.25 bits per heavy atom. The maximum Gasteiger partial charge on any atom is 0.240 e. The number of hydrogen-bond acceptors (Lipinski definition) is 6. The summed E-state index contributed by atoms with van der Waals surface area (Å²) in [7, 11) is 0. The Morgan fingerprint density at radius 2 is 2.10 bits per heavy atom. The lowest BCUT2D eigenvalue weighted by molar-refractivity contribution is 0.238. The molecule has 1 aromatic heterocycles. The topological polar surface area (TPSA) is 57.4 Å². The van der Waals surface area contributed by atoms with Gasteiger partial charge in [0.25, 0.3) is 0 Å². The normalized spacial score (nSPS) is 17.6.